The van der Waals surface area contributed by atoms with Crippen molar-refractivity contribution >= 4 is 11.6 Å². The molecular formula is C15H20N2O3. The molecular weight excluding hydrogens is 256 g/mol. The van der Waals surface area contributed by atoms with Gasteiger partial charge >= 0.3 is 0 Å². The number of hydrogen-bond donors (Lipinski definition) is 2. The summed E-state index contributed by atoms with van der Waals surface area (Å²) < 4.78 is 10.5. The van der Waals surface area contributed by atoms with Gasteiger partial charge in [-0.25, -0.2) is 0 Å². The van der Waals surface area contributed by atoms with Gasteiger partial charge in [-0.2, -0.15) is 0 Å². The molecule has 1 unspecified atom stereocenters. The van der Waals surface area contributed by atoms with Crippen LogP contribution in [0.25, 0.3) is 0 Å². The van der Waals surface area contributed by atoms with Crippen LogP contribution in [0.2, 0.25) is 0 Å². The number of amides is 1. The Morgan fingerprint density at radius 1 is 1.40 bits per heavy atom. The third kappa shape index (κ3) is 2.66. The van der Waals surface area contributed by atoms with Gasteiger partial charge in [-0.3, -0.25) is 4.79 Å². The fourth-order valence-electron chi connectivity index (χ4n) is 2.50. The number of nitrogens with one attached hydrogen (secondary N) is 1. The topological polar surface area (TPSA) is 73.6 Å². The minimum Gasteiger partial charge on any atom is -0.454 e. The summed E-state index contributed by atoms with van der Waals surface area (Å²) in [5.74, 6) is 1.84. The summed E-state index contributed by atoms with van der Waals surface area (Å²) in [7, 11) is 0. The number of ether oxygens (including phenoxy) is 2. The van der Waals surface area contributed by atoms with Gasteiger partial charge in [-0.15, -0.1) is 0 Å². The van der Waals surface area contributed by atoms with Crippen LogP contribution in [0.4, 0.5) is 5.69 Å². The number of rotatable bonds is 5. The second-order valence-electron chi connectivity index (χ2n) is 5.55. The molecule has 0 bridgehead atoms. The van der Waals surface area contributed by atoms with Gasteiger partial charge in [0.2, 0.25) is 6.79 Å². The lowest BCUT2D eigenvalue weighted by Crippen LogP contribution is -2.35. The van der Waals surface area contributed by atoms with Crippen molar-refractivity contribution in [2.45, 2.75) is 38.6 Å². The van der Waals surface area contributed by atoms with Gasteiger partial charge in [-0.05, 0) is 24.8 Å². The third-order valence-electron chi connectivity index (χ3n) is 3.93. The predicted molar refractivity (Wildman–Crippen MR) is 75.9 cm³/mol. The van der Waals surface area contributed by atoms with Gasteiger partial charge in [0, 0.05) is 17.8 Å². The number of nitrogen functional groups attached to an aromatic ring is 1. The highest BCUT2D eigenvalue weighted by Gasteiger charge is 2.26. The van der Waals surface area contributed by atoms with E-state index in [2.05, 4.69) is 12.2 Å². The number of anilines is 1. The Morgan fingerprint density at radius 3 is 2.75 bits per heavy atom. The summed E-state index contributed by atoms with van der Waals surface area (Å²) in [5.41, 5.74) is 6.81. The van der Waals surface area contributed by atoms with Crippen LogP contribution in [-0.2, 0) is 0 Å². The molecule has 3 rings (SSSR count). The van der Waals surface area contributed by atoms with Crippen LogP contribution in [0.3, 0.4) is 0 Å². The largest absolute Gasteiger partial charge is 0.454 e. The first kappa shape index (κ1) is 13.1. The SMILES string of the molecule is CCC(CC1CC1)NC(=O)c1cc2c(cc1N)OCO2. The molecule has 1 atom stereocenters. The Kier molecular flexibility index (Phi) is 3.42. The Morgan fingerprint density at radius 2 is 2.10 bits per heavy atom. The van der Waals surface area contributed by atoms with Crippen molar-refractivity contribution in [1.29, 1.82) is 0 Å². The molecule has 5 heteroatoms. The smallest absolute Gasteiger partial charge is 0.253 e. The Labute approximate surface area is 118 Å². The molecule has 0 aromatic heterocycles. The Balaban J connectivity index is 1.72. The van der Waals surface area contributed by atoms with E-state index in [-0.39, 0.29) is 18.7 Å². The maximum absolute atomic E-state index is 12.3. The monoisotopic (exact) mass is 276 g/mol. The summed E-state index contributed by atoms with van der Waals surface area (Å²) in [5, 5.41) is 3.07. The fraction of sp³-hybridized carbons (Fsp3) is 0.533. The molecule has 5 nitrogen and oxygen atoms in total. The maximum atomic E-state index is 12.3. The molecule has 1 aromatic rings. The van der Waals surface area contributed by atoms with E-state index in [1.165, 1.54) is 12.8 Å². The van der Waals surface area contributed by atoms with Crippen LogP contribution in [0.5, 0.6) is 11.5 Å². The van der Waals surface area contributed by atoms with E-state index in [0.29, 0.717) is 22.7 Å². The van der Waals surface area contributed by atoms with Gasteiger partial charge in [0.15, 0.2) is 11.5 Å². The third-order valence-corrected chi connectivity index (χ3v) is 3.93. The molecule has 0 saturated heterocycles. The molecule has 20 heavy (non-hydrogen) atoms. The quantitative estimate of drug-likeness (QED) is 0.809. The van der Waals surface area contributed by atoms with Gasteiger partial charge in [0.25, 0.3) is 5.91 Å². The molecule has 1 heterocycles. The standard InChI is InChI=1S/C15H20N2O3/c1-2-10(5-9-3-4-9)17-15(18)11-6-13-14(7-12(11)16)20-8-19-13/h6-7,9-10H,2-5,8,16H2,1H3,(H,17,18). The summed E-state index contributed by atoms with van der Waals surface area (Å²) in [6.07, 6.45) is 4.58. The van der Waals surface area contributed by atoms with Crippen molar-refractivity contribution in [3.8, 4) is 11.5 Å². The summed E-state index contributed by atoms with van der Waals surface area (Å²) in [6.45, 7) is 2.27. The average Bonchev–Trinajstić information content (AvgIpc) is 3.13. The van der Waals surface area contributed by atoms with Gasteiger partial charge in [0.1, 0.15) is 0 Å². The number of fused-ring (bicyclic) bond motifs is 1. The van der Waals surface area contributed by atoms with Crippen LogP contribution in [-0.4, -0.2) is 18.7 Å². The maximum Gasteiger partial charge on any atom is 0.253 e. The van der Waals surface area contributed by atoms with E-state index in [1.54, 1.807) is 12.1 Å². The average molecular weight is 276 g/mol. The van der Waals surface area contributed by atoms with Crippen LogP contribution in [0.1, 0.15) is 43.0 Å². The number of benzene rings is 1. The van der Waals surface area contributed by atoms with Gasteiger partial charge in [0.05, 0.1) is 5.56 Å². The Hall–Kier alpha value is -1.91. The van der Waals surface area contributed by atoms with E-state index in [0.717, 1.165) is 18.8 Å². The van der Waals surface area contributed by atoms with E-state index < -0.39 is 0 Å². The van der Waals surface area contributed by atoms with Crippen molar-refractivity contribution in [3.05, 3.63) is 17.7 Å². The molecule has 1 fully saturated rings. The normalized spacial score (nSPS) is 17.9. The van der Waals surface area contributed by atoms with Gasteiger partial charge in [-0.1, -0.05) is 19.8 Å². The molecule has 0 radical (unpaired) electrons. The summed E-state index contributed by atoms with van der Waals surface area (Å²) >= 11 is 0. The molecule has 1 aliphatic heterocycles. The molecule has 1 aromatic carbocycles. The van der Waals surface area contributed by atoms with Crippen LogP contribution >= 0.6 is 0 Å². The first-order valence-electron chi connectivity index (χ1n) is 7.17. The molecule has 3 N–H and O–H groups in total. The van der Waals surface area contributed by atoms with Crippen molar-refractivity contribution in [1.82, 2.24) is 5.32 Å². The van der Waals surface area contributed by atoms with Crippen molar-refractivity contribution < 1.29 is 14.3 Å². The van der Waals surface area contributed by atoms with Crippen LogP contribution < -0.4 is 20.5 Å². The lowest BCUT2D eigenvalue weighted by Gasteiger charge is -2.17. The van der Waals surface area contributed by atoms with Crippen molar-refractivity contribution in [2.75, 3.05) is 12.5 Å². The second kappa shape index (κ2) is 5.23. The van der Waals surface area contributed by atoms with Crippen molar-refractivity contribution in [3.63, 3.8) is 0 Å². The first-order chi connectivity index (χ1) is 9.67. The van der Waals surface area contributed by atoms with Crippen molar-refractivity contribution in [2.24, 2.45) is 5.92 Å². The highest BCUT2D eigenvalue weighted by atomic mass is 16.7. The highest BCUT2D eigenvalue weighted by Crippen LogP contribution is 2.36. The fourth-order valence-corrected chi connectivity index (χ4v) is 2.50. The lowest BCUT2D eigenvalue weighted by atomic mass is 10.1. The van der Waals surface area contributed by atoms with E-state index in [4.69, 9.17) is 15.2 Å². The van der Waals surface area contributed by atoms with E-state index in [9.17, 15) is 4.79 Å². The lowest BCUT2D eigenvalue weighted by molar-refractivity contribution is 0.0933. The first-order valence-corrected chi connectivity index (χ1v) is 7.17. The zero-order chi connectivity index (χ0) is 14.1. The molecule has 1 amide bonds. The molecule has 1 aliphatic carbocycles. The highest BCUT2D eigenvalue weighted by molar-refractivity contribution is 6.00. The molecule has 1 saturated carbocycles. The summed E-state index contributed by atoms with van der Waals surface area (Å²) in [4.78, 5) is 12.3. The molecule has 2 aliphatic rings. The van der Waals surface area contributed by atoms with Gasteiger partial charge < -0.3 is 20.5 Å². The van der Waals surface area contributed by atoms with Crippen LogP contribution in [0, 0.1) is 5.92 Å². The minimum absolute atomic E-state index is 0.131. The number of nitrogens with two attached hydrogens (primary N) is 1. The molecule has 108 valence electrons. The zero-order valence-electron chi connectivity index (χ0n) is 11.6. The number of hydrogen-bond acceptors (Lipinski definition) is 4. The minimum atomic E-state index is -0.131. The van der Waals surface area contributed by atoms with E-state index >= 15 is 0 Å². The molecule has 0 spiro atoms. The number of carbonyl (C=O) groups is 1. The zero-order valence-corrected chi connectivity index (χ0v) is 11.6. The van der Waals surface area contributed by atoms with E-state index in [1.807, 2.05) is 0 Å². The predicted octanol–water partition coefficient (Wildman–Crippen LogP) is 2.31. The van der Waals surface area contributed by atoms with Crippen LogP contribution in [0.15, 0.2) is 12.1 Å². The summed E-state index contributed by atoms with van der Waals surface area (Å²) in [6, 6.07) is 3.54. The second-order valence-corrected chi connectivity index (χ2v) is 5.55. The Bertz CT molecular complexity index is 526. The number of carbonyl (C=O) groups excluding carboxylic acids is 1.